The summed E-state index contributed by atoms with van der Waals surface area (Å²) in [6.45, 7) is 3.14. The van der Waals surface area contributed by atoms with Gasteiger partial charge in [0.15, 0.2) is 0 Å². The highest BCUT2D eigenvalue weighted by Crippen LogP contribution is 2.18. The molecular formula is C15H21N3. The Balaban J connectivity index is 2.01. The number of aromatic nitrogens is 2. The molecule has 0 aliphatic rings. The SMILES string of the molecule is CCNC(CCc1nccn1C)c1ccccc1. The van der Waals surface area contributed by atoms with Crippen LogP contribution in [-0.4, -0.2) is 16.1 Å². The third-order valence-corrected chi connectivity index (χ3v) is 3.23. The standard InChI is InChI=1S/C15H21N3/c1-3-16-14(13-7-5-4-6-8-13)9-10-15-17-11-12-18(15)2/h4-8,11-12,14,16H,3,9-10H2,1-2H3. The molecular weight excluding hydrogens is 222 g/mol. The summed E-state index contributed by atoms with van der Waals surface area (Å²) in [4.78, 5) is 4.38. The zero-order valence-electron chi connectivity index (χ0n) is 11.1. The second kappa shape index (κ2) is 6.36. The monoisotopic (exact) mass is 243 g/mol. The van der Waals surface area contributed by atoms with Gasteiger partial charge >= 0.3 is 0 Å². The smallest absolute Gasteiger partial charge is 0.108 e. The van der Waals surface area contributed by atoms with Crippen LogP contribution in [-0.2, 0) is 13.5 Å². The van der Waals surface area contributed by atoms with Crippen LogP contribution in [0.15, 0.2) is 42.7 Å². The van der Waals surface area contributed by atoms with Crippen LogP contribution in [0.4, 0.5) is 0 Å². The van der Waals surface area contributed by atoms with Gasteiger partial charge in [0, 0.05) is 31.9 Å². The summed E-state index contributed by atoms with van der Waals surface area (Å²) in [6, 6.07) is 11.0. The molecule has 0 aliphatic carbocycles. The van der Waals surface area contributed by atoms with Crippen molar-refractivity contribution in [2.75, 3.05) is 6.54 Å². The first-order chi connectivity index (χ1) is 8.81. The molecule has 96 valence electrons. The van der Waals surface area contributed by atoms with E-state index in [0.29, 0.717) is 6.04 Å². The average molecular weight is 243 g/mol. The molecule has 1 atom stereocenters. The van der Waals surface area contributed by atoms with Crippen LogP contribution in [0, 0.1) is 0 Å². The molecule has 1 aromatic carbocycles. The molecule has 0 saturated heterocycles. The molecule has 2 rings (SSSR count). The third-order valence-electron chi connectivity index (χ3n) is 3.23. The third kappa shape index (κ3) is 3.20. The normalized spacial score (nSPS) is 12.6. The number of imidazole rings is 1. The molecule has 0 amide bonds. The molecule has 1 aromatic heterocycles. The Morgan fingerprint density at radius 1 is 1.28 bits per heavy atom. The van der Waals surface area contributed by atoms with E-state index in [0.717, 1.165) is 25.2 Å². The molecule has 2 aromatic rings. The van der Waals surface area contributed by atoms with Crippen molar-refractivity contribution in [3.63, 3.8) is 0 Å². The summed E-state index contributed by atoms with van der Waals surface area (Å²) < 4.78 is 2.09. The number of aryl methyl sites for hydroxylation is 2. The van der Waals surface area contributed by atoms with Gasteiger partial charge in [0.25, 0.3) is 0 Å². The molecule has 1 N–H and O–H groups in total. The summed E-state index contributed by atoms with van der Waals surface area (Å²) >= 11 is 0. The van der Waals surface area contributed by atoms with Crippen molar-refractivity contribution in [1.29, 1.82) is 0 Å². The molecule has 0 bridgehead atoms. The molecule has 0 radical (unpaired) electrons. The number of hydrogen-bond donors (Lipinski definition) is 1. The Morgan fingerprint density at radius 2 is 2.06 bits per heavy atom. The Bertz CT molecular complexity index is 462. The van der Waals surface area contributed by atoms with Gasteiger partial charge in [-0.05, 0) is 18.5 Å². The van der Waals surface area contributed by atoms with E-state index < -0.39 is 0 Å². The van der Waals surface area contributed by atoms with Crippen molar-refractivity contribution in [3.05, 3.63) is 54.1 Å². The molecule has 1 heterocycles. The molecule has 0 saturated carbocycles. The first-order valence-electron chi connectivity index (χ1n) is 6.55. The number of nitrogens with zero attached hydrogens (tertiary/aromatic N) is 2. The Hall–Kier alpha value is -1.61. The van der Waals surface area contributed by atoms with Crippen LogP contribution in [0.2, 0.25) is 0 Å². The van der Waals surface area contributed by atoms with E-state index in [1.165, 1.54) is 5.56 Å². The van der Waals surface area contributed by atoms with Crippen molar-refractivity contribution in [1.82, 2.24) is 14.9 Å². The topological polar surface area (TPSA) is 29.9 Å². The van der Waals surface area contributed by atoms with Gasteiger partial charge in [0.2, 0.25) is 0 Å². The van der Waals surface area contributed by atoms with Crippen LogP contribution in [0.3, 0.4) is 0 Å². The molecule has 18 heavy (non-hydrogen) atoms. The van der Waals surface area contributed by atoms with Crippen LogP contribution in [0.5, 0.6) is 0 Å². The first kappa shape index (κ1) is 12.8. The number of nitrogens with one attached hydrogen (secondary N) is 1. The van der Waals surface area contributed by atoms with Gasteiger partial charge < -0.3 is 9.88 Å². The highest BCUT2D eigenvalue weighted by Gasteiger charge is 2.11. The zero-order chi connectivity index (χ0) is 12.8. The van der Waals surface area contributed by atoms with Gasteiger partial charge in [-0.15, -0.1) is 0 Å². The van der Waals surface area contributed by atoms with E-state index >= 15 is 0 Å². The summed E-state index contributed by atoms with van der Waals surface area (Å²) in [5.41, 5.74) is 1.36. The predicted molar refractivity (Wildman–Crippen MR) is 74.4 cm³/mol. The zero-order valence-corrected chi connectivity index (χ0v) is 11.1. The number of hydrogen-bond acceptors (Lipinski definition) is 2. The van der Waals surface area contributed by atoms with Gasteiger partial charge in [0.05, 0.1) is 0 Å². The van der Waals surface area contributed by atoms with Crippen molar-refractivity contribution in [2.24, 2.45) is 7.05 Å². The highest BCUT2D eigenvalue weighted by atomic mass is 15.0. The molecule has 0 spiro atoms. The van der Waals surface area contributed by atoms with E-state index in [4.69, 9.17) is 0 Å². The lowest BCUT2D eigenvalue weighted by molar-refractivity contribution is 0.506. The summed E-state index contributed by atoms with van der Waals surface area (Å²) in [5.74, 6) is 1.15. The first-order valence-corrected chi connectivity index (χ1v) is 6.55. The minimum atomic E-state index is 0.410. The van der Waals surface area contributed by atoms with Crippen molar-refractivity contribution < 1.29 is 0 Å². The quantitative estimate of drug-likeness (QED) is 0.845. The fourth-order valence-corrected chi connectivity index (χ4v) is 2.23. The van der Waals surface area contributed by atoms with Gasteiger partial charge in [-0.25, -0.2) is 4.98 Å². The maximum absolute atomic E-state index is 4.38. The Morgan fingerprint density at radius 3 is 2.67 bits per heavy atom. The van der Waals surface area contributed by atoms with Gasteiger partial charge in [-0.1, -0.05) is 37.3 Å². The van der Waals surface area contributed by atoms with Crippen molar-refractivity contribution >= 4 is 0 Å². The lowest BCUT2D eigenvalue weighted by Crippen LogP contribution is -2.21. The number of rotatable bonds is 6. The summed E-state index contributed by atoms with van der Waals surface area (Å²) in [7, 11) is 2.05. The molecule has 0 fully saturated rings. The summed E-state index contributed by atoms with van der Waals surface area (Å²) in [6.07, 6.45) is 5.93. The Kier molecular flexibility index (Phi) is 4.53. The van der Waals surface area contributed by atoms with Gasteiger partial charge in [-0.2, -0.15) is 0 Å². The van der Waals surface area contributed by atoms with E-state index in [9.17, 15) is 0 Å². The predicted octanol–water partition coefficient (Wildman–Crippen LogP) is 2.70. The highest BCUT2D eigenvalue weighted by molar-refractivity contribution is 5.19. The molecule has 1 unspecified atom stereocenters. The van der Waals surface area contributed by atoms with E-state index in [1.54, 1.807) is 0 Å². The number of benzene rings is 1. The van der Waals surface area contributed by atoms with E-state index in [-0.39, 0.29) is 0 Å². The minimum Gasteiger partial charge on any atom is -0.338 e. The van der Waals surface area contributed by atoms with Crippen LogP contribution in [0.1, 0.15) is 30.8 Å². The second-order valence-corrected chi connectivity index (χ2v) is 4.51. The lowest BCUT2D eigenvalue weighted by atomic mass is 10.0. The fourth-order valence-electron chi connectivity index (χ4n) is 2.23. The van der Waals surface area contributed by atoms with Crippen LogP contribution < -0.4 is 5.32 Å². The fraction of sp³-hybridized carbons (Fsp3) is 0.400. The van der Waals surface area contributed by atoms with Gasteiger partial charge in [-0.3, -0.25) is 0 Å². The average Bonchev–Trinajstić information content (AvgIpc) is 2.81. The van der Waals surface area contributed by atoms with Crippen molar-refractivity contribution in [2.45, 2.75) is 25.8 Å². The minimum absolute atomic E-state index is 0.410. The lowest BCUT2D eigenvalue weighted by Gasteiger charge is -2.18. The largest absolute Gasteiger partial charge is 0.338 e. The maximum atomic E-state index is 4.38. The van der Waals surface area contributed by atoms with Gasteiger partial charge in [0.1, 0.15) is 5.82 Å². The second-order valence-electron chi connectivity index (χ2n) is 4.51. The maximum Gasteiger partial charge on any atom is 0.108 e. The molecule has 3 heteroatoms. The molecule has 3 nitrogen and oxygen atoms in total. The Labute approximate surface area is 109 Å². The van der Waals surface area contributed by atoms with Crippen LogP contribution >= 0.6 is 0 Å². The molecule has 0 aliphatic heterocycles. The van der Waals surface area contributed by atoms with Crippen molar-refractivity contribution in [3.8, 4) is 0 Å². The van der Waals surface area contributed by atoms with E-state index in [2.05, 4.69) is 52.1 Å². The van der Waals surface area contributed by atoms with E-state index in [1.807, 2.05) is 19.4 Å². The van der Waals surface area contributed by atoms with Crippen LogP contribution in [0.25, 0.3) is 0 Å². The summed E-state index contributed by atoms with van der Waals surface area (Å²) in [5, 5.41) is 3.54.